The molecule has 4 aromatic heterocycles. The Hall–Kier alpha value is -13.7. The van der Waals surface area contributed by atoms with Gasteiger partial charge in [-0.05, 0) is 82.6 Å². The van der Waals surface area contributed by atoms with Crippen molar-refractivity contribution in [1.29, 1.82) is 0 Å². The molecule has 0 amide bonds. The van der Waals surface area contributed by atoms with Gasteiger partial charge in [0.1, 0.15) is 0 Å². The summed E-state index contributed by atoms with van der Waals surface area (Å²) >= 11 is 0. The van der Waals surface area contributed by atoms with Gasteiger partial charge in [0, 0.05) is 44.5 Å². The molecule has 0 spiro atoms. The Morgan fingerprint density at radius 3 is 0.670 bits per heavy atom. The minimum Gasteiger partial charge on any atom is -0.246 e. The molecular weight excluding hydrogens is 1230 g/mol. The summed E-state index contributed by atoms with van der Waals surface area (Å²) in [6, 6.07) is 110. The van der Waals surface area contributed by atoms with Crippen LogP contribution < -0.4 is 9.80 Å². The van der Waals surface area contributed by atoms with Crippen LogP contribution in [0.1, 0.15) is 11.1 Å². The fraction of sp³-hybridized carbons (Fsp3) is 0.0233. The van der Waals surface area contributed by atoms with Gasteiger partial charge in [0.15, 0.2) is 46.6 Å². The van der Waals surface area contributed by atoms with Gasteiger partial charge in [-0.3, -0.25) is 0 Å². The average Bonchev–Trinajstić information content (AvgIpc) is 0.773. The fourth-order valence-electron chi connectivity index (χ4n) is 12.1. The van der Waals surface area contributed by atoms with E-state index in [0.29, 0.717) is 70.4 Å². The monoisotopic (exact) mass is 1290 g/mol. The highest BCUT2D eigenvalue weighted by atomic mass is 15.4. The van der Waals surface area contributed by atoms with E-state index in [4.69, 9.17) is 59.8 Å². The highest BCUT2D eigenvalue weighted by Crippen LogP contribution is 2.40. The minimum atomic E-state index is 0.313. The van der Waals surface area contributed by atoms with Gasteiger partial charge in [-0.1, -0.05) is 303 Å². The number of hydrogen-bond donors (Lipinski definition) is 0. The molecule has 14 nitrogen and oxygen atoms in total. The zero-order chi connectivity index (χ0) is 67.1. The van der Waals surface area contributed by atoms with Crippen LogP contribution in [0.2, 0.25) is 0 Å². The third kappa shape index (κ3) is 13.0. The molecule has 16 aromatic rings. The maximum absolute atomic E-state index is 5.37. The molecule has 0 unspecified atom stereocenters. The molecule has 100 heavy (non-hydrogen) atoms. The number of aromatic nitrogens is 12. The van der Waals surface area contributed by atoms with Crippen molar-refractivity contribution in [3.05, 3.63) is 339 Å². The molecule has 0 aliphatic rings. The lowest BCUT2D eigenvalue weighted by Crippen LogP contribution is -2.19. The van der Waals surface area contributed by atoms with Crippen LogP contribution in [0, 0.1) is 13.8 Å². The molecule has 0 bridgehead atoms. The highest BCUT2D eigenvalue weighted by molar-refractivity contribution is 5.81. The first-order valence-electron chi connectivity index (χ1n) is 32.9. The van der Waals surface area contributed by atoms with Crippen molar-refractivity contribution in [2.45, 2.75) is 13.8 Å². The Morgan fingerprint density at radius 1 is 0.170 bits per heavy atom. The van der Waals surface area contributed by atoms with Crippen molar-refractivity contribution >= 4 is 35.2 Å². The highest BCUT2D eigenvalue weighted by Gasteiger charge is 2.27. The van der Waals surface area contributed by atoms with Crippen LogP contribution in [0.25, 0.3) is 124 Å². The first kappa shape index (κ1) is 61.2. The molecule has 0 radical (unpaired) electrons. The van der Waals surface area contributed by atoms with Gasteiger partial charge in [-0.2, -0.15) is 39.9 Å². The normalized spacial score (nSPS) is 11.1. The lowest BCUT2D eigenvalue weighted by Gasteiger charge is -2.24. The van der Waals surface area contributed by atoms with Crippen molar-refractivity contribution in [3.8, 4) is 124 Å². The summed E-state index contributed by atoms with van der Waals surface area (Å²) in [4.78, 5) is 66.5. The van der Waals surface area contributed by atoms with Crippen molar-refractivity contribution in [2.75, 3.05) is 9.80 Å². The minimum absolute atomic E-state index is 0.313. The number of benzene rings is 12. The molecule has 16 rings (SSSR count). The average molecular weight is 1290 g/mol. The van der Waals surface area contributed by atoms with Crippen molar-refractivity contribution in [1.82, 2.24) is 59.8 Å². The van der Waals surface area contributed by atoms with Gasteiger partial charge in [-0.15, -0.1) is 0 Å². The van der Waals surface area contributed by atoms with Crippen molar-refractivity contribution in [2.24, 2.45) is 0 Å². The second-order valence-corrected chi connectivity index (χ2v) is 23.9. The standard InChI is InChI=1S/C86H60N14/c1-57-26-24-25-41-73(57)74-55-54-72(56-58(74)2)100(85-94-77(65-33-16-6-17-34-65)88-78(95-85)66-35-18-7-19-36-66)86-96-80(68-39-22-9-23-40-68)90-82(98-86)70-48-44-61(45-49-70)60-42-46-69(47-43-60)81-89-79(67-37-20-8-21-38-67)93-84(97-81)99(71-52-50-62(51-53-71)59-27-10-3-11-28-59)83-91-75(63-29-12-4-13-30-63)87-76(92-83)64-31-14-5-15-32-64/h3-56H,1-2H3. The second kappa shape index (κ2) is 27.6. The van der Waals surface area contributed by atoms with Gasteiger partial charge < -0.3 is 0 Å². The summed E-state index contributed by atoms with van der Waals surface area (Å²) < 4.78 is 0. The Morgan fingerprint density at radius 2 is 0.380 bits per heavy atom. The molecule has 4 heterocycles. The van der Waals surface area contributed by atoms with E-state index in [0.717, 1.165) is 94.8 Å². The lowest BCUT2D eigenvalue weighted by atomic mass is 9.96. The van der Waals surface area contributed by atoms with Crippen LogP contribution in [0.4, 0.5) is 35.2 Å². The van der Waals surface area contributed by atoms with Gasteiger partial charge in [0.25, 0.3) is 0 Å². The zero-order valence-corrected chi connectivity index (χ0v) is 54.4. The molecule has 0 aliphatic carbocycles. The summed E-state index contributed by atoms with van der Waals surface area (Å²) in [6.45, 7) is 4.26. The summed E-state index contributed by atoms with van der Waals surface area (Å²) in [5.41, 5.74) is 16.5. The molecule has 0 saturated carbocycles. The number of anilines is 6. The van der Waals surface area contributed by atoms with Gasteiger partial charge in [0.05, 0.1) is 11.4 Å². The van der Waals surface area contributed by atoms with E-state index in [9.17, 15) is 0 Å². The molecule has 0 saturated heterocycles. The first-order valence-corrected chi connectivity index (χ1v) is 32.9. The topological polar surface area (TPSA) is 161 Å². The van der Waals surface area contributed by atoms with E-state index in [1.807, 2.05) is 246 Å². The van der Waals surface area contributed by atoms with Crippen LogP contribution in [0.15, 0.2) is 328 Å². The van der Waals surface area contributed by atoms with Crippen LogP contribution in [0.3, 0.4) is 0 Å². The van der Waals surface area contributed by atoms with E-state index < -0.39 is 0 Å². The Balaban J connectivity index is 0.793. The molecule has 0 aliphatic heterocycles. The first-order chi connectivity index (χ1) is 49.3. The van der Waals surface area contributed by atoms with E-state index in [-0.39, 0.29) is 0 Å². The predicted molar refractivity (Wildman–Crippen MR) is 399 cm³/mol. The van der Waals surface area contributed by atoms with Crippen LogP contribution >= 0.6 is 0 Å². The molecule has 0 fully saturated rings. The van der Waals surface area contributed by atoms with Gasteiger partial charge in [0.2, 0.25) is 23.8 Å². The molecule has 474 valence electrons. The summed E-state index contributed by atoms with van der Waals surface area (Å²) in [6.07, 6.45) is 0. The fourth-order valence-corrected chi connectivity index (χ4v) is 12.1. The number of aryl methyl sites for hydroxylation is 2. The van der Waals surface area contributed by atoms with Crippen LogP contribution in [-0.4, -0.2) is 59.8 Å². The lowest BCUT2D eigenvalue weighted by molar-refractivity contribution is 0.963. The Kier molecular flexibility index (Phi) is 16.9. The smallest absolute Gasteiger partial charge is 0.241 e. The van der Waals surface area contributed by atoms with Gasteiger partial charge >= 0.3 is 0 Å². The van der Waals surface area contributed by atoms with Crippen LogP contribution in [-0.2, 0) is 0 Å². The summed E-state index contributed by atoms with van der Waals surface area (Å²) in [5, 5.41) is 0. The maximum atomic E-state index is 5.37. The van der Waals surface area contributed by atoms with Crippen molar-refractivity contribution < 1.29 is 0 Å². The largest absolute Gasteiger partial charge is 0.246 e. The van der Waals surface area contributed by atoms with E-state index >= 15 is 0 Å². The SMILES string of the molecule is Cc1ccccc1-c1ccc(N(c2nc(-c3ccccc3)nc(-c3ccccc3)n2)c2nc(-c3ccccc3)nc(-c3ccc(-c4ccc(-c5nc(-c6ccccc6)nc(N(c6ccc(-c7ccccc7)cc6)c6nc(-c7ccccc7)nc(-c7ccccc7)n6)n5)cc4)cc3)n2)cc1C. The quantitative estimate of drug-likeness (QED) is 0.0847. The van der Waals surface area contributed by atoms with E-state index in [2.05, 4.69) is 105 Å². The maximum Gasteiger partial charge on any atom is 0.241 e. The van der Waals surface area contributed by atoms with E-state index in [1.165, 1.54) is 5.56 Å². The third-order valence-electron chi connectivity index (χ3n) is 17.2. The number of rotatable bonds is 17. The summed E-state index contributed by atoms with van der Waals surface area (Å²) in [5.74, 6) is 5.13. The molecule has 14 heteroatoms. The molecular formula is C86H60N14. The Labute approximate surface area is 578 Å². The number of hydrogen-bond acceptors (Lipinski definition) is 14. The Bertz CT molecular complexity index is 5410. The molecule has 0 atom stereocenters. The van der Waals surface area contributed by atoms with Crippen LogP contribution in [0.5, 0.6) is 0 Å². The van der Waals surface area contributed by atoms with Gasteiger partial charge in [-0.25, -0.2) is 29.7 Å². The third-order valence-corrected chi connectivity index (χ3v) is 17.2. The molecule has 0 N–H and O–H groups in total. The number of nitrogens with zero attached hydrogens (tertiary/aromatic N) is 14. The molecule has 12 aromatic carbocycles. The zero-order valence-electron chi connectivity index (χ0n) is 54.4. The predicted octanol–water partition coefficient (Wildman–Crippen LogP) is 20.3. The summed E-state index contributed by atoms with van der Waals surface area (Å²) in [7, 11) is 0. The van der Waals surface area contributed by atoms with Crippen molar-refractivity contribution in [3.63, 3.8) is 0 Å². The van der Waals surface area contributed by atoms with E-state index in [1.54, 1.807) is 0 Å². The second-order valence-electron chi connectivity index (χ2n) is 23.9.